The van der Waals surface area contributed by atoms with Crippen LogP contribution in [0.25, 0.3) is 5.69 Å². The van der Waals surface area contributed by atoms with Gasteiger partial charge in [0.05, 0.1) is 5.69 Å². The van der Waals surface area contributed by atoms with Crippen molar-refractivity contribution in [3.05, 3.63) is 99.0 Å². The second-order valence-electron chi connectivity index (χ2n) is 7.28. The summed E-state index contributed by atoms with van der Waals surface area (Å²) in [6.07, 6.45) is 0.864. The van der Waals surface area contributed by atoms with Crippen molar-refractivity contribution in [2.75, 3.05) is 5.32 Å². The van der Waals surface area contributed by atoms with E-state index in [-0.39, 0.29) is 5.91 Å². The minimum absolute atomic E-state index is 0.124. The number of para-hydroxylation sites is 1. The molecule has 32 heavy (non-hydrogen) atoms. The first kappa shape index (κ1) is 22.5. The largest absolute Gasteiger partial charge is 0.321 e. The molecule has 4 rings (SSSR count). The molecule has 0 unspecified atom stereocenters. The molecule has 0 aliphatic carbocycles. The molecule has 7 heteroatoms. The number of thioether (sulfide) groups is 1. The van der Waals surface area contributed by atoms with Crippen LogP contribution < -0.4 is 5.32 Å². The lowest BCUT2D eigenvalue weighted by atomic mass is 10.1. The molecule has 0 atom stereocenters. The average molecular weight is 478 g/mol. The van der Waals surface area contributed by atoms with Gasteiger partial charge in [0.15, 0.2) is 8.29 Å². The van der Waals surface area contributed by atoms with Crippen LogP contribution in [0.5, 0.6) is 0 Å². The number of amides is 1. The Morgan fingerprint density at radius 2 is 1.81 bits per heavy atom. The maximum atomic E-state index is 12.8. The number of carbonyl (C=O) groups is 1. The van der Waals surface area contributed by atoms with Gasteiger partial charge in [-0.1, -0.05) is 78.6 Å². The molecule has 0 bridgehead atoms. The van der Waals surface area contributed by atoms with Crippen molar-refractivity contribution >= 4 is 46.9 Å². The van der Waals surface area contributed by atoms with E-state index in [1.165, 1.54) is 16.9 Å². The summed E-state index contributed by atoms with van der Waals surface area (Å²) in [5.74, 6) is 0.725. The molecule has 3 aromatic carbocycles. The first-order valence-corrected chi connectivity index (χ1v) is 12.5. The Kier molecular flexibility index (Phi) is 7.19. The third kappa shape index (κ3) is 5.18. The van der Waals surface area contributed by atoms with Gasteiger partial charge in [-0.05, 0) is 66.5 Å². The van der Waals surface area contributed by atoms with Crippen molar-refractivity contribution in [2.24, 2.45) is 0 Å². The van der Waals surface area contributed by atoms with Gasteiger partial charge in [-0.2, -0.15) is 0 Å². The fraction of sp³-hybridized carbons (Fsp3) is 0.160. The third-order valence-electron chi connectivity index (χ3n) is 5.09. The number of anilines is 1. The minimum Gasteiger partial charge on any atom is -0.321 e. The maximum absolute atomic E-state index is 12.8. The monoisotopic (exact) mass is 477 g/mol. The highest BCUT2D eigenvalue weighted by Crippen LogP contribution is 2.27. The van der Waals surface area contributed by atoms with Gasteiger partial charge in [0.2, 0.25) is 0 Å². The van der Waals surface area contributed by atoms with Crippen molar-refractivity contribution in [1.82, 2.24) is 9.78 Å². The molecule has 4 aromatic rings. The van der Waals surface area contributed by atoms with Gasteiger partial charge in [-0.15, -0.1) is 5.10 Å². The zero-order valence-electron chi connectivity index (χ0n) is 17.9. The molecule has 0 saturated heterocycles. The quantitative estimate of drug-likeness (QED) is 0.228. The van der Waals surface area contributed by atoms with Crippen molar-refractivity contribution in [2.45, 2.75) is 30.4 Å². The summed E-state index contributed by atoms with van der Waals surface area (Å²) < 4.78 is 3.36. The molecule has 1 aromatic heterocycles. The van der Waals surface area contributed by atoms with E-state index in [1.54, 1.807) is 16.4 Å². The van der Waals surface area contributed by atoms with Gasteiger partial charge in [0.1, 0.15) is 0 Å². The molecule has 0 saturated carbocycles. The smallest absolute Gasteiger partial charge is 0.255 e. The zero-order chi connectivity index (χ0) is 22.5. The van der Waals surface area contributed by atoms with Gasteiger partial charge in [0, 0.05) is 17.0 Å². The fourth-order valence-electron chi connectivity index (χ4n) is 3.34. The summed E-state index contributed by atoms with van der Waals surface area (Å²) in [6.45, 7) is 4.10. The van der Waals surface area contributed by atoms with Gasteiger partial charge in [-0.25, -0.2) is 4.68 Å². The lowest BCUT2D eigenvalue weighted by molar-refractivity contribution is 0.102. The van der Waals surface area contributed by atoms with E-state index in [4.69, 9.17) is 12.2 Å². The fourth-order valence-corrected chi connectivity index (χ4v) is 5.66. The lowest BCUT2D eigenvalue weighted by Gasteiger charge is -2.13. The second kappa shape index (κ2) is 10.3. The first-order chi connectivity index (χ1) is 15.5. The Morgan fingerprint density at radius 3 is 2.53 bits per heavy atom. The average Bonchev–Trinajstić information content (AvgIpc) is 3.20. The van der Waals surface area contributed by atoms with E-state index in [2.05, 4.69) is 29.5 Å². The van der Waals surface area contributed by atoms with E-state index in [0.717, 1.165) is 39.0 Å². The molecule has 4 nitrogen and oxygen atoms in total. The number of hydrogen-bond acceptors (Lipinski definition) is 5. The molecule has 162 valence electrons. The number of carbonyl (C=O) groups excluding carboxylic acids is 1. The van der Waals surface area contributed by atoms with Crippen LogP contribution in [0.4, 0.5) is 5.69 Å². The molecule has 0 aliphatic heterocycles. The van der Waals surface area contributed by atoms with Gasteiger partial charge < -0.3 is 5.32 Å². The number of hydrogen-bond donors (Lipinski definition) is 1. The van der Waals surface area contributed by atoms with E-state index in [0.29, 0.717) is 9.52 Å². The standard InChI is InChI=1S/C25H23N3OS3/c1-3-19-11-7-8-17(2)22(19)26-23(29)20-12-14-21(15-13-20)28-25(30)32-24(27-28)31-16-18-9-5-4-6-10-18/h4-15H,3,16H2,1-2H3,(H,26,29). The van der Waals surface area contributed by atoms with Crippen LogP contribution in [0.3, 0.4) is 0 Å². The highest BCUT2D eigenvalue weighted by Gasteiger charge is 2.12. The molecule has 1 amide bonds. The number of benzene rings is 3. The van der Waals surface area contributed by atoms with Gasteiger partial charge in [-0.3, -0.25) is 4.79 Å². The van der Waals surface area contributed by atoms with Crippen molar-refractivity contribution in [1.29, 1.82) is 0 Å². The summed E-state index contributed by atoms with van der Waals surface area (Å²) in [5.41, 5.74) is 5.78. The topological polar surface area (TPSA) is 46.9 Å². The number of aromatic nitrogens is 2. The van der Waals surface area contributed by atoms with E-state index >= 15 is 0 Å². The van der Waals surface area contributed by atoms with Gasteiger partial charge in [0.25, 0.3) is 5.91 Å². The summed E-state index contributed by atoms with van der Waals surface area (Å²) >= 11 is 8.70. The van der Waals surface area contributed by atoms with Crippen LogP contribution in [-0.4, -0.2) is 15.7 Å². The van der Waals surface area contributed by atoms with Crippen LogP contribution in [0.15, 0.2) is 77.1 Å². The van der Waals surface area contributed by atoms with Crippen LogP contribution in [-0.2, 0) is 12.2 Å². The van der Waals surface area contributed by atoms with Crippen molar-refractivity contribution < 1.29 is 4.79 Å². The Morgan fingerprint density at radius 1 is 1.06 bits per heavy atom. The number of aryl methyl sites for hydroxylation is 2. The maximum Gasteiger partial charge on any atom is 0.255 e. The molecule has 0 fully saturated rings. The zero-order valence-corrected chi connectivity index (χ0v) is 20.3. The van der Waals surface area contributed by atoms with E-state index in [9.17, 15) is 4.79 Å². The van der Waals surface area contributed by atoms with Crippen LogP contribution in [0.1, 0.15) is 34.0 Å². The highest BCUT2D eigenvalue weighted by atomic mass is 32.2. The van der Waals surface area contributed by atoms with Crippen molar-refractivity contribution in [3.8, 4) is 5.69 Å². The van der Waals surface area contributed by atoms with E-state index in [1.807, 2.05) is 67.6 Å². The normalized spacial score (nSPS) is 10.8. The Bertz CT molecular complexity index is 1280. The molecule has 0 aliphatic rings. The van der Waals surface area contributed by atoms with Crippen LogP contribution >= 0.6 is 35.3 Å². The highest BCUT2D eigenvalue weighted by molar-refractivity contribution is 8.00. The predicted molar refractivity (Wildman–Crippen MR) is 137 cm³/mol. The number of rotatable bonds is 7. The predicted octanol–water partition coefficient (Wildman–Crippen LogP) is 7.08. The summed E-state index contributed by atoms with van der Waals surface area (Å²) in [7, 11) is 0. The second-order valence-corrected chi connectivity index (χ2v) is 10.1. The third-order valence-corrected chi connectivity index (χ3v) is 7.52. The molecule has 1 heterocycles. The Labute approximate surface area is 201 Å². The molecule has 0 spiro atoms. The Hall–Kier alpha value is -2.74. The summed E-state index contributed by atoms with van der Waals surface area (Å²) in [5, 5.41) is 7.73. The van der Waals surface area contributed by atoms with Gasteiger partial charge >= 0.3 is 0 Å². The van der Waals surface area contributed by atoms with E-state index < -0.39 is 0 Å². The first-order valence-electron chi connectivity index (χ1n) is 10.3. The van der Waals surface area contributed by atoms with Crippen LogP contribution in [0, 0.1) is 10.9 Å². The summed E-state index contributed by atoms with van der Waals surface area (Å²) in [4.78, 5) is 12.8. The lowest BCUT2D eigenvalue weighted by Crippen LogP contribution is -2.14. The van der Waals surface area contributed by atoms with Crippen LogP contribution in [0.2, 0.25) is 0 Å². The molecule has 1 N–H and O–H groups in total. The summed E-state index contributed by atoms with van der Waals surface area (Å²) in [6, 6.07) is 23.8. The Balaban J connectivity index is 1.47. The SMILES string of the molecule is CCc1cccc(C)c1NC(=O)c1ccc(-n2nc(SCc3ccccc3)sc2=S)cc1. The van der Waals surface area contributed by atoms with Crippen molar-refractivity contribution in [3.63, 3.8) is 0 Å². The number of nitrogens with one attached hydrogen (secondary N) is 1. The molecule has 0 radical (unpaired) electrons. The molecular weight excluding hydrogens is 454 g/mol. The number of nitrogens with zero attached hydrogens (tertiary/aromatic N) is 2. The minimum atomic E-state index is -0.124. The molecular formula is C25H23N3OS3.